The van der Waals surface area contributed by atoms with Crippen LogP contribution in [0.15, 0.2) is 61.1 Å². The van der Waals surface area contributed by atoms with Crippen molar-refractivity contribution in [2.24, 2.45) is 0 Å². The Bertz CT molecular complexity index is 1370. The number of nitrogens with zero attached hydrogens (tertiary/aromatic N) is 6. The summed E-state index contributed by atoms with van der Waals surface area (Å²) in [6, 6.07) is 14.9. The molecule has 0 spiro atoms. The molecule has 2 aromatic carbocycles. The van der Waals surface area contributed by atoms with Crippen molar-refractivity contribution in [2.45, 2.75) is 6.10 Å². The molecule has 1 amide bonds. The lowest BCUT2D eigenvalue weighted by Crippen LogP contribution is -2.54. The van der Waals surface area contributed by atoms with Crippen LogP contribution in [0.2, 0.25) is 5.02 Å². The number of benzene rings is 2. The Morgan fingerprint density at radius 3 is 2.65 bits per heavy atom. The number of anilines is 1. The zero-order chi connectivity index (χ0) is 23.1. The van der Waals surface area contributed by atoms with E-state index in [9.17, 15) is 4.79 Å². The molecule has 0 N–H and O–H groups in total. The molecule has 4 aromatic rings. The summed E-state index contributed by atoms with van der Waals surface area (Å²) in [6.45, 7) is 2.63. The number of ether oxygens (including phenoxy) is 2. The smallest absolute Gasteiger partial charge is 0.267 e. The zero-order valence-electron chi connectivity index (χ0n) is 18.2. The van der Waals surface area contributed by atoms with E-state index in [0.717, 1.165) is 16.9 Å². The van der Waals surface area contributed by atoms with E-state index in [1.807, 2.05) is 53.4 Å². The molecule has 34 heavy (non-hydrogen) atoms. The molecule has 0 radical (unpaired) electrons. The highest BCUT2D eigenvalue weighted by atomic mass is 35.5. The highest BCUT2D eigenvalue weighted by molar-refractivity contribution is 6.30. The fourth-order valence-corrected chi connectivity index (χ4v) is 4.55. The van der Waals surface area contributed by atoms with Crippen LogP contribution in [-0.2, 0) is 4.79 Å². The second kappa shape index (κ2) is 8.49. The summed E-state index contributed by atoms with van der Waals surface area (Å²) in [5.74, 6) is 2.01. The average molecular weight is 477 g/mol. The number of rotatable bonds is 3. The summed E-state index contributed by atoms with van der Waals surface area (Å²) in [6.07, 6.45) is 2.68. The molecule has 2 aromatic heterocycles. The molecule has 10 heteroatoms. The molecule has 172 valence electrons. The Kier molecular flexibility index (Phi) is 5.18. The van der Waals surface area contributed by atoms with Gasteiger partial charge in [-0.2, -0.15) is 5.10 Å². The van der Waals surface area contributed by atoms with E-state index >= 15 is 0 Å². The van der Waals surface area contributed by atoms with Crippen LogP contribution >= 0.6 is 11.6 Å². The van der Waals surface area contributed by atoms with Gasteiger partial charge < -0.3 is 19.3 Å². The van der Waals surface area contributed by atoms with Gasteiger partial charge in [-0.25, -0.2) is 14.6 Å². The second-order valence-corrected chi connectivity index (χ2v) is 8.58. The highest BCUT2D eigenvalue weighted by Gasteiger charge is 2.33. The molecule has 1 atom stereocenters. The standard InChI is InChI=1S/C24H21ClN6O3/c25-16-4-3-5-17(12-16)31-23-18(13-28-31)22(26-15-27-23)29-8-10-30(11-9-29)24(32)21-14-33-19-6-1-2-7-20(19)34-21/h1-7,12-13,15,21H,8-11,14H2. The first kappa shape index (κ1) is 20.7. The molecule has 6 rings (SSSR count). The van der Waals surface area contributed by atoms with Gasteiger partial charge in [-0.15, -0.1) is 0 Å². The predicted octanol–water partition coefficient (Wildman–Crippen LogP) is 2.96. The first-order valence-corrected chi connectivity index (χ1v) is 11.4. The largest absolute Gasteiger partial charge is 0.485 e. The Labute approximate surface area is 200 Å². The lowest BCUT2D eigenvalue weighted by molar-refractivity contribution is -0.141. The molecular formula is C24H21ClN6O3. The molecule has 0 bridgehead atoms. The number of carbonyl (C=O) groups excluding carboxylic acids is 1. The lowest BCUT2D eigenvalue weighted by atomic mass is 10.2. The predicted molar refractivity (Wildman–Crippen MR) is 127 cm³/mol. The molecule has 4 heterocycles. The summed E-state index contributed by atoms with van der Waals surface area (Å²) in [4.78, 5) is 26.0. The van der Waals surface area contributed by atoms with Crippen molar-refractivity contribution >= 4 is 34.4 Å². The van der Waals surface area contributed by atoms with Crippen LogP contribution in [0.5, 0.6) is 11.5 Å². The molecule has 1 saturated heterocycles. The van der Waals surface area contributed by atoms with Gasteiger partial charge in [0.25, 0.3) is 5.91 Å². The number of piperazine rings is 1. The minimum atomic E-state index is -0.636. The third-order valence-electron chi connectivity index (χ3n) is 6.07. The van der Waals surface area contributed by atoms with Gasteiger partial charge in [0.2, 0.25) is 6.10 Å². The Balaban J connectivity index is 1.17. The molecule has 2 aliphatic heterocycles. The summed E-state index contributed by atoms with van der Waals surface area (Å²) >= 11 is 6.16. The zero-order valence-corrected chi connectivity index (χ0v) is 18.9. The van der Waals surface area contributed by atoms with Crippen LogP contribution in [0.1, 0.15) is 0 Å². The molecule has 9 nitrogen and oxygen atoms in total. The molecule has 0 aliphatic carbocycles. The van der Waals surface area contributed by atoms with Gasteiger partial charge >= 0.3 is 0 Å². The van der Waals surface area contributed by atoms with Crippen molar-refractivity contribution in [3.63, 3.8) is 0 Å². The Hall–Kier alpha value is -3.85. The quantitative estimate of drug-likeness (QED) is 0.449. The number of halogens is 1. The van der Waals surface area contributed by atoms with Gasteiger partial charge in [0, 0.05) is 31.2 Å². The Morgan fingerprint density at radius 1 is 1.00 bits per heavy atom. The van der Waals surface area contributed by atoms with E-state index in [1.165, 1.54) is 0 Å². The molecule has 1 fully saturated rings. The molecule has 1 unspecified atom stereocenters. The normalized spacial score (nSPS) is 17.7. The van der Waals surface area contributed by atoms with Crippen LogP contribution in [-0.4, -0.2) is 69.4 Å². The second-order valence-electron chi connectivity index (χ2n) is 8.15. The number of hydrogen-bond donors (Lipinski definition) is 0. The monoisotopic (exact) mass is 476 g/mol. The van der Waals surface area contributed by atoms with Crippen LogP contribution in [0.4, 0.5) is 5.82 Å². The lowest BCUT2D eigenvalue weighted by Gasteiger charge is -2.37. The fraction of sp³-hybridized carbons (Fsp3) is 0.250. The number of para-hydroxylation sites is 2. The third-order valence-corrected chi connectivity index (χ3v) is 6.31. The van der Waals surface area contributed by atoms with Gasteiger partial charge in [0.1, 0.15) is 18.8 Å². The maximum atomic E-state index is 13.1. The number of amides is 1. The van der Waals surface area contributed by atoms with E-state index in [-0.39, 0.29) is 12.5 Å². The first-order valence-electron chi connectivity index (χ1n) is 11.0. The summed E-state index contributed by atoms with van der Waals surface area (Å²) in [5, 5.41) is 6.00. The molecular weight excluding hydrogens is 456 g/mol. The van der Waals surface area contributed by atoms with E-state index in [1.54, 1.807) is 17.2 Å². The highest BCUT2D eigenvalue weighted by Crippen LogP contribution is 2.32. The number of hydrogen-bond acceptors (Lipinski definition) is 7. The minimum absolute atomic E-state index is 0.0595. The van der Waals surface area contributed by atoms with Crippen LogP contribution < -0.4 is 14.4 Å². The van der Waals surface area contributed by atoms with E-state index < -0.39 is 6.10 Å². The Morgan fingerprint density at radius 2 is 1.82 bits per heavy atom. The van der Waals surface area contributed by atoms with Gasteiger partial charge in [0.15, 0.2) is 17.1 Å². The van der Waals surface area contributed by atoms with E-state index in [2.05, 4.69) is 20.0 Å². The number of fused-ring (bicyclic) bond motifs is 2. The van der Waals surface area contributed by atoms with Crippen molar-refractivity contribution in [2.75, 3.05) is 37.7 Å². The van der Waals surface area contributed by atoms with Crippen LogP contribution in [0.25, 0.3) is 16.7 Å². The third kappa shape index (κ3) is 3.67. The molecule has 0 saturated carbocycles. The SMILES string of the molecule is O=C(C1COc2ccccc2O1)N1CCN(c2ncnc3c2cnn3-c2cccc(Cl)c2)CC1. The summed E-state index contributed by atoms with van der Waals surface area (Å²) in [5.41, 5.74) is 1.54. The van der Waals surface area contributed by atoms with E-state index in [0.29, 0.717) is 48.3 Å². The van der Waals surface area contributed by atoms with Crippen LogP contribution in [0, 0.1) is 0 Å². The van der Waals surface area contributed by atoms with Gasteiger partial charge in [0.05, 0.1) is 17.3 Å². The maximum Gasteiger partial charge on any atom is 0.267 e. The average Bonchev–Trinajstić information content (AvgIpc) is 3.32. The number of aromatic nitrogens is 4. The maximum absolute atomic E-state index is 13.1. The minimum Gasteiger partial charge on any atom is -0.485 e. The number of carbonyl (C=O) groups is 1. The van der Waals surface area contributed by atoms with Gasteiger partial charge in [-0.1, -0.05) is 29.8 Å². The van der Waals surface area contributed by atoms with Crippen molar-refractivity contribution in [3.05, 3.63) is 66.1 Å². The summed E-state index contributed by atoms with van der Waals surface area (Å²) in [7, 11) is 0. The van der Waals surface area contributed by atoms with Crippen molar-refractivity contribution in [3.8, 4) is 17.2 Å². The topological polar surface area (TPSA) is 85.6 Å². The van der Waals surface area contributed by atoms with E-state index in [4.69, 9.17) is 21.1 Å². The summed E-state index contributed by atoms with van der Waals surface area (Å²) < 4.78 is 13.4. The fourth-order valence-electron chi connectivity index (χ4n) is 4.36. The molecule has 2 aliphatic rings. The van der Waals surface area contributed by atoms with Crippen molar-refractivity contribution in [1.29, 1.82) is 0 Å². The first-order chi connectivity index (χ1) is 16.7. The van der Waals surface area contributed by atoms with Gasteiger partial charge in [-0.3, -0.25) is 4.79 Å². The van der Waals surface area contributed by atoms with Crippen molar-refractivity contribution in [1.82, 2.24) is 24.6 Å². The van der Waals surface area contributed by atoms with Gasteiger partial charge in [-0.05, 0) is 30.3 Å². The van der Waals surface area contributed by atoms with Crippen LogP contribution in [0.3, 0.4) is 0 Å². The van der Waals surface area contributed by atoms with Crippen molar-refractivity contribution < 1.29 is 14.3 Å².